The van der Waals surface area contributed by atoms with E-state index < -0.39 is 23.9 Å². The lowest BCUT2D eigenvalue weighted by atomic mass is 9.90. The monoisotopic (exact) mass is 430 g/mol. The maximum atomic E-state index is 13.4. The molecule has 0 bridgehead atoms. The molecule has 2 aromatic heterocycles. The van der Waals surface area contributed by atoms with Gasteiger partial charge >= 0.3 is 0 Å². The molecule has 0 spiro atoms. The maximum Gasteiger partial charge on any atom is 0.276 e. The second-order valence-electron chi connectivity index (χ2n) is 5.78. The van der Waals surface area contributed by atoms with Gasteiger partial charge in [-0.25, -0.2) is 23.1 Å². The number of aliphatic hydroxyl groups excluding tert-OH is 1. The van der Waals surface area contributed by atoms with Crippen molar-refractivity contribution in [1.82, 2.24) is 14.4 Å². The van der Waals surface area contributed by atoms with Crippen LogP contribution >= 0.6 is 15.9 Å². The van der Waals surface area contributed by atoms with Crippen molar-refractivity contribution in [2.75, 3.05) is 5.73 Å². The molecule has 3 rings (SSSR count). The minimum atomic E-state index is -3.53. The van der Waals surface area contributed by atoms with Crippen LogP contribution in [0.25, 0.3) is 16.9 Å². The molecule has 10 heteroatoms. The number of hydrogen-bond acceptors (Lipinski definition) is 5. The summed E-state index contributed by atoms with van der Waals surface area (Å²) < 4.78 is 41.9. The van der Waals surface area contributed by atoms with Gasteiger partial charge in [-0.05, 0) is 40.0 Å². The Hall–Kier alpha value is -2.17. The van der Waals surface area contributed by atoms with E-state index in [0.29, 0.717) is 27.1 Å². The van der Waals surface area contributed by atoms with E-state index in [2.05, 4.69) is 25.9 Å². The Morgan fingerprint density at radius 3 is 2.62 bits per heavy atom. The van der Waals surface area contributed by atoms with Crippen molar-refractivity contribution in [3.63, 3.8) is 0 Å². The highest BCUT2D eigenvalue weighted by atomic mass is 79.9. The van der Waals surface area contributed by atoms with E-state index in [9.17, 15) is 18.3 Å². The van der Waals surface area contributed by atoms with Crippen LogP contribution in [0.2, 0.25) is 0 Å². The number of aliphatic hydroxyl groups is 2. The van der Waals surface area contributed by atoms with Gasteiger partial charge < -0.3 is 15.9 Å². The summed E-state index contributed by atoms with van der Waals surface area (Å²) in [6.07, 6.45) is -3.65. The number of nitrogens with zero attached hydrogens (tertiary/aromatic N) is 3. The van der Waals surface area contributed by atoms with Gasteiger partial charge in [0.1, 0.15) is 4.60 Å². The molecule has 138 valence electrons. The van der Waals surface area contributed by atoms with Gasteiger partial charge in [-0.3, -0.25) is 4.40 Å². The zero-order chi connectivity index (χ0) is 19.2. The smallest absolute Gasteiger partial charge is 0.276 e. The molecule has 0 aliphatic rings. The largest absolute Gasteiger partial charge is 0.381 e. The zero-order valence-electron chi connectivity index (χ0n) is 13.4. The van der Waals surface area contributed by atoms with E-state index in [4.69, 9.17) is 10.8 Å². The first-order valence-electron chi connectivity index (χ1n) is 7.39. The van der Waals surface area contributed by atoms with Gasteiger partial charge in [0.2, 0.25) is 12.0 Å². The first kappa shape index (κ1) is 18.6. The van der Waals surface area contributed by atoms with Gasteiger partial charge in [0.05, 0.1) is 11.9 Å². The number of aryl methyl sites for hydroxylation is 1. The molecular formula is C16H14BrF3N4O2. The number of anilines is 1. The van der Waals surface area contributed by atoms with Gasteiger partial charge in [-0.2, -0.15) is 0 Å². The number of hydrogen-bond donors (Lipinski definition) is 3. The van der Waals surface area contributed by atoms with Crippen LogP contribution in [0.5, 0.6) is 0 Å². The van der Waals surface area contributed by atoms with Crippen molar-refractivity contribution in [1.29, 1.82) is 0 Å². The maximum absolute atomic E-state index is 13.4. The summed E-state index contributed by atoms with van der Waals surface area (Å²) in [6, 6.07) is 3.78. The number of aromatic nitrogens is 3. The fourth-order valence-electron chi connectivity index (χ4n) is 2.70. The average Bonchev–Trinajstić information content (AvgIpc) is 2.98. The van der Waals surface area contributed by atoms with E-state index in [-0.39, 0.29) is 5.82 Å². The topological polar surface area (TPSA) is 96.7 Å². The van der Waals surface area contributed by atoms with Crippen molar-refractivity contribution in [3.05, 3.63) is 46.3 Å². The number of imidazole rings is 1. The highest BCUT2D eigenvalue weighted by Gasteiger charge is 2.47. The number of nitrogen functional groups attached to an aromatic ring is 1. The molecule has 4 N–H and O–H groups in total. The van der Waals surface area contributed by atoms with Gasteiger partial charge in [0.25, 0.3) is 6.43 Å². The molecule has 3 aromatic rings. The second kappa shape index (κ2) is 6.53. The minimum absolute atomic E-state index is 0.155. The molecule has 0 amide bonds. The number of nitrogens with two attached hydrogens (primary N) is 1. The Morgan fingerprint density at radius 1 is 1.31 bits per heavy atom. The standard InChI is InChI=1S/C16H14BrF3N4O2/c1-7-2-3-8(16(26,14(18)19)15(20)25)4-9(7)10-5-22-13-12(21)23-11(17)6-24(10)13/h2-6,14-15,25-26H,1H3,(H2,21,23). The fraction of sp³-hybridized carbons (Fsp3) is 0.250. The van der Waals surface area contributed by atoms with E-state index in [1.165, 1.54) is 18.3 Å². The van der Waals surface area contributed by atoms with Crippen molar-refractivity contribution in [2.45, 2.75) is 25.3 Å². The van der Waals surface area contributed by atoms with Crippen LogP contribution in [0.15, 0.2) is 35.2 Å². The normalized spacial score (nSPS) is 15.4. The lowest BCUT2D eigenvalue weighted by Crippen LogP contribution is -2.43. The average molecular weight is 431 g/mol. The van der Waals surface area contributed by atoms with Crippen LogP contribution in [-0.2, 0) is 5.60 Å². The highest BCUT2D eigenvalue weighted by molar-refractivity contribution is 9.10. The molecule has 6 nitrogen and oxygen atoms in total. The summed E-state index contributed by atoms with van der Waals surface area (Å²) in [5.41, 5.74) is 3.91. The fourth-order valence-corrected chi connectivity index (χ4v) is 3.09. The van der Waals surface area contributed by atoms with E-state index >= 15 is 0 Å². The second-order valence-corrected chi connectivity index (χ2v) is 6.59. The molecule has 0 saturated carbocycles. The SMILES string of the molecule is Cc1ccc(C(O)(C(O)F)C(F)F)cc1-c1cnc2c(N)nc(Br)cn12. The molecule has 1 aromatic carbocycles. The van der Waals surface area contributed by atoms with E-state index in [0.717, 1.165) is 6.07 Å². The van der Waals surface area contributed by atoms with Crippen LogP contribution in [0.1, 0.15) is 11.1 Å². The number of alkyl halides is 3. The number of benzene rings is 1. The van der Waals surface area contributed by atoms with Crippen molar-refractivity contribution >= 4 is 27.4 Å². The molecule has 0 saturated heterocycles. The Labute approximate surface area is 154 Å². The number of rotatable bonds is 4. The van der Waals surface area contributed by atoms with Gasteiger partial charge in [0, 0.05) is 11.8 Å². The highest BCUT2D eigenvalue weighted by Crippen LogP contribution is 2.36. The van der Waals surface area contributed by atoms with Crippen molar-refractivity contribution < 1.29 is 23.4 Å². The predicted molar refractivity (Wildman–Crippen MR) is 92.3 cm³/mol. The number of halogens is 4. The summed E-state index contributed by atoms with van der Waals surface area (Å²) in [7, 11) is 0. The van der Waals surface area contributed by atoms with Crippen molar-refractivity contribution in [2.24, 2.45) is 0 Å². The first-order valence-corrected chi connectivity index (χ1v) is 8.18. The third-order valence-corrected chi connectivity index (χ3v) is 4.54. The van der Waals surface area contributed by atoms with E-state index in [1.54, 1.807) is 17.5 Å². The molecule has 0 fully saturated rings. The van der Waals surface area contributed by atoms with Gasteiger partial charge in [-0.15, -0.1) is 0 Å². The third kappa shape index (κ3) is 2.83. The van der Waals surface area contributed by atoms with Crippen LogP contribution in [0.3, 0.4) is 0 Å². The van der Waals surface area contributed by atoms with Crippen LogP contribution in [-0.4, -0.2) is 37.4 Å². The van der Waals surface area contributed by atoms with Crippen LogP contribution in [0, 0.1) is 6.92 Å². The molecule has 2 unspecified atom stereocenters. The summed E-state index contributed by atoms with van der Waals surface area (Å²) in [5, 5.41) is 19.1. The molecule has 0 aliphatic heterocycles. The summed E-state index contributed by atoms with van der Waals surface area (Å²) in [4.78, 5) is 8.18. The van der Waals surface area contributed by atoms with Gasteiger partial charge in [-0.1, -0.05) is 12.1 Å². The quantitative estimate of drug-likeness (QED) is 0.591. The zero-order valence-corrected chi connectivity index (χ0v) is 15.0. The van der Waals surface area contributed by atoms with Crippen LogP contribution in [0.4, 0.5) is 19.0 Å². The van der Waals surface area contributed by atoms with Crippen molar-refractivity contribution in [3.8, 4) is 11.3 Å². The summed E-state index contributed by atoms with van der Waals surface area (Å²) in [6.45, 7) is 1.71. The van der Waals surface area contributed by atoms with Gasteiger partial charge in [0.15, 0.2) is 11.5 Å². The summed E-state index contributed by atoms with van der Waals surface area (Å²) in [5.74, 6) is 0.155. The summed E-state index contributed by atoms with van der Waals surface area (Å²) >= 11 is 3.22. The Kier molecular flexibility index (Phi) is 4.67. The van der Waals surface area contributed by atoms with Crippen LogP contribution < -0.4 is 5.73 Å². The Balaban J connectivity index is 2.25. The lowest BCUT2D eigenvalue weighted by Gasteiger charge is -2.28. The molecule has 2 atom stereocenters. The lowest BCUT2D eigenvalue weighted by molar-refractivity contribution is -0.211. The third-order valence-electron chi connectivity index (χ3n) is 4.16. The first-order chi connectivity index (χ1) is 12.2. The molecule has 26 heavy (non-hydrogen) atoms. The Morgan fingerprint density at radius 2 is 2.00 bits per heavy atom. The molecule has 0 radical (unpaired) electrons. The predicted octanol–water partition coefficient (Wildman–Crippen LogP) is 2.79. The van der Waals surface area contributed by atoms with E-state index in [1.807, 2.05) is 0 Å². The molecular weight excluding hydrogens is 417 g/mol. The molecule has 0 aliphatic carbocycles. The minimum Gasteiger partial charge on any atom is -0.381 e. The molecule has 2 heterocycles. The number of fused-ring (bicyclic) bond motifs is 1. The Bertz CT molecular complexity index is 970.